The van der Waals surface area contributed by atoms with Gasteiger partial charge in [0.05, 0.1) is 0 Å². The van der Waals surface area contributed by atoms with Gasteiger partial charge in [0.2, 0.25) is 0 Å². The van der Waals surface area contributed by atoms with Gasteiger partial charge in [-0.25, -0.2) is 0 Å². The van der Waals surface area contributed by atoms with E-state index in [4.69, 9.17) is 0 Å². The Morgan fingerprint density at radius 3 is 1.33 bits per heavy atom. The largest absolute Gasteiger partial charge is 0.0613 e. The molecule has 0 amide bonds. The van der Waals surface area contributed by atoms with Gasteiger partial charge >= 0.3 is 0 Å². The zero-order valence-electron chi connectivity index (χ0n) is 13.6. The van der Waals surface area contributed by atoms with Gasteiger partial charge in [0.25, 0.3) is 0 Å². The van der Waals surface area contributed by atoms with Gasteiger partial charge in [-0.2, -0.15) is 0 Å². The fourth-order valence-electron chi connectivity index (χ4n) is 3.07. The lowest BCUT2D eigenvalue weighted by molar-refractivity contribution is 0.408. The highest BCUT2D eigenvalue weighted by Gasteiger charge is 2.20. The average molecular weight is 246 g/mol. The summed E-state index contributed by atoms with van der Waals surface area (Å²) in [6.45, 7) is 18.5. The molecule has 0 spiro atoms. The smallest absolute Gasteiger partial charge is 0.0224 e. The van der Waals surface area contributed by atoms with Crippen molar-refractivity contribution in [2.75, 3.05) is 0 Å². The molecule has 0 saturated carbocycles. The third-order valence-electron chi connectivity index (χ3n) is 4.17. The molecule has 18 heavy (non-hydrogen) atoms. The standard InChI is InChI=1S/C18H30/c1-9-15-13(4)12(3)14(5)16(10-2)17(15)11-18(6,7)8/h9-11H2,1-8H3. The van der Waals surface area contributed by atoms with Crippen LogP contribution in [0.4, 0.5) is 0 Å². The molecule has 0 atom stereocenters. The predicted octanol–water partition coefficient (Wildman–Crippen LogP) is 5.33. The SMILES string of the molecule is CCc1c(C)c(C)c(C)c(CC)c1CC(C)(C)C. The minimum atomic E-state index is 0.363. The second-order valence-electron chi connectivity index (χ2n) is 6.76. The maximum absolute atomic E-state index is 2.34. The molecule has 0 aromatic heterocycles. The lowest BCUT2D eigenvalue weighted by Gasteiger charge is -2.27. The van der Waals surface area contributed by atoms with Crippen molar-refractivity contribution in [1.82, 2.24) is 0 Å². The van der Waals surface area contributed by atoms with E-state index in [-0.39, 0.29) is 0 Å². The zero-order chi connectivity index (χ0) is 14.1. The van der Waals surface area contributed by atoms with Crippen LogP contribution in [0.3, 0.4) is 0 Å². The first-order valence-electron chi connectivity index (χ1n) is 7.33. The highest BCUT2D eigenvalue weighted by molar-refractivity contribution is 5.51. The Bertz CT molecular complexity index is 399. The van der Waals surface area contributed by atoms with Crippen molar-refractivity contribution in [2.24, 2.45) is 5.41 Å². The highest BCUT2D eigenvalue weighted by atomic mass is 14.2. The van der Waals surface area contributed by atoms with Crippen LogP contribution in [0.15, 0.2) is 0 Å². The van der Waals surface area contributed by atoms with Gasteiger partial charge in [-0.05, 0) is 78.8 Å². The van der Waals surface area contributed by atoms with Crippen LogP contribution in [-0.4, -0.2) is 0 Å². The molecule has 0 radical (unpaired) electrons. The van der Waals surface area contributed by atoms with Crippen LogP contribution in [0, 0.1) is 26.2 Å². The molecular formula is C18H30. The quantitative estimate of drug-likeness (QED) is 0.676. The fourth-order valence-corrected chi connectivity index (χ4v) is 3.07. The van der Waals surface area contributed by atoms with Gasteiger partial charge < -0.3 is 0 Å². The van der Waals surface area contributed by atoms with E-state index in [1.54, 1.807) is 16.7 Å². The first kappa shape index (κ1) is 15.3. The molecular weight excluding hydrogens is 216 g/mol. The minimum absolute atomic E-state index is 0.363. The molecule has 0 aliphatic rings. The second-order valence-corrected chi connectivity index (χ2v) is 6.76. The number of hydrogen-bond donors (Lipinski definition) is 0. The molecule has 0 heterocycles. The lowest BCUT2D eigenvalue weighted by atomic mass is 9.79. The summed E-state index contributed by atoms with van der Waals surface area (Å²) in [5.41, 5.74) is 9.74. The van der Waals surface area contributed by atoms with Gasteiger partial charge in [0.15, 0.2) is 0 Å². The summed E-state index contributed by atoms with van der Waals surface area (Å²) in [5.74, 6) is 0. The van der Waals surface area contributed by atoms with Crippen molar-refractivity contribution in [3.63, 3.8) is 0 Å². The maximum atomic E-state index is 2.34. The van der Waals surface area contributed by atoms with Crippen LogP contribution in [0.1, 0.15) is 68.0 Å². The minimum Gasteiger partial charge on any atom is -0.0613 e. The Morgan fingerprint density at radius 1 is 0.667 bits per heavy atom. The third-order valence-corrected chi connectivity index (χ3v) is 4.17. The van der Waals surface area contributed by atoms with E-state index < -0.39 is 0 Å². The summed E-state index contributed by atoms with van der Waals surface area (Å²) in [6.07, 6.45) is 3.51. The summed E-state index contributed by atoms with van der Waals surface area (Å²) in [5, 5.41) is 0. The fraction of sp³-hybridized carbons (Fsp3) is 0.667. The Hall–Kier alpha value is -0.780. The molecule has 0 aliphatic carbocycles. The van der Waals surface area contributed by atoms with E-state index in [1.807, 2.05) is 0 Å². The van der Waals surface area contributed by atoms with Gasteiger partial charge in [0.1, 0.15) is 0 Å². The summed E-state index contributed by atoms with van der Waals surface area (Å²) < 4.78 is 0. The Labute approximate surface area is 114 Å². The van der Waals surface area contributed by atoms with Crippen molar-refractivity contribution < 1.29 is 0 Å². The third kappa shape index (κ3) is 2.96. The Kier molecular flexibility index (Phi) is 4.64. The molecule has 0 nitrogen and oxygen atoms in total. The zero-order valence-corrected chi connectivity index (χ0v) is 13.6. The van der Waals surface area contributed by atoms with Gasteiger partial charge in [-0.3, -0.25) is 0 Å². The molecule has 0 unspecified atom stereocenters. The van der Waals surface area contributed by atoms with Gasteiger partial charge in [-0.1, -0.05) is 34.6 Å². The van der Waals surface area contributed by atoms with E-state index in [0.717, 1.165) is 12.8 Å². The van der Waals surface area contributed by atoms with Crippen LogP contribution in [-0.2, 0) is 19.3 Å². The van der Waals surface area contributed by atoms with Crippen molar-refractivity contribution in [2.45, 2.75) is 74.7 Å². The van der Waals surface area contributed by atoms with Crippen LogP contribution >= 0.6 is 0 Å². The number of benzene rings is 1. The first-order valence-corrected chi connectivity index (χ1v) is 7.33. The topological polar surface area (TPSA) is 0 Å². The van der Waals surface area contributed by atoms with Crippen LogP contribution in [0.25, 0.3) is 0 Å². The van der Waals surface area contributed by atoms with Crippen LogP contribution < -0.4 is 0 Å². The van der Waals surface area contributed by atoms with E-state index in [2.05, 4.69) is 55.4 Å². The second kappa shape index (κ2) is 5.47. The summed E-state index contributed by atoms with van der Waals surface area (Å²) >= 11 is 0. The Morgan fingerprint density at radius 2 is 1.06 bits per heavy atom. The van der Waals surface area contributed by atoms with Crippen molar-refractivity contribution >= 4 is 0 Å². The molecule has 0 saturated heterocycles. The molecule has 0 bridgehead atoms. The monoisotopic (exact) mass is 246 g/mol. The van der Waals surface area contributed by atoms with Gasteiger partial charge in [0, 0.05) is 0 Å². The number of hydrogen-bond acceptors (Lipinski definition) is 0. The summed E-state index contributed by atoms with van der Waals surface area (Å²) in [4.78, 5) is 0. The average Bonchev–Trinajstić information content (AvgIpc) is 2.25. The van der Waals surface area contributed by atoms with Crippen molar-refractivity contribution in [3.05, 3.63) is 33.4 Å². The Balaban J connectivity index is 3.54. The molecule has 0 N–H and O–H groups in total. The van der Waals surface area contributed by atoms with Gasteiger partial charge in [-0.15, -0.1) is 0 Å². The summed E-state index contributed by atoms with van der Waals surface area (Å²) in [7, 11) is 0. The van der Waals surface area contributed by atoms with Crippen LogP contribution in [0.2, 0.25) is 0 Å². The lowest BCUT2D eigenvalue weighted by Crippen LogP contribution is -2.15. The van der Waals surface area contributed by atoms with E-state index >= 15 is 0 Å². The van der Waals surface area contributed by atoms with E-state index in [0.29, 0.717) is 5.41 Å². The molecule has 0 fully saturated rings. The molecule has 1 aromatic rings. The predicted molar refractivity (Wildman–Crippen MR) is 82.6 cm³/mol. The highest BCUT2D eigenvalue weighted by Crippen LogP contribution is 2.32. The molecule has 1 aromatic carbocycles. The normalized spacial score (nSPS) is 12.0. The van der Waals surface area contributed by atoms with Crippen LogP contribution in [0.5, 0.6) is 0 Å². The van der Waals surface area contributed by atoms with E-state index in [9.17, 15) is 0 Å². The molecule has 0 heteroatoms. The first-order chi connectivity index (χ1) is 8.22. The van der Waals surface area contributed by atoms with E-state index in [1.165, 1.54) is 23.1 Å². The van der Waals surface area contributed by atoms with Crippen molar-refractivity contribution in [1.29, 1.82) is 0 Å². The van der Waals surface area contributed by atoms with Crippen molar-refractivity contribution in [3.8, 4) is 0 Å². The molecule has 102 valence electrons. The molecule has 0 aliphatic heterocycles. The number of rotatable bonds is 3. The molecule has 1 rings (SSSR count). The summed E-state index contributed by atoms with van der Waals surface area (Å²) in [6, 6.07) is 0. The maximum Gasteiger partial charge on any atom is -0.0224 e.